The van der Waals surface area contributed by atoms with Crippen LogP contribution in [0.2, 0.25) is 0 Å². The maximum absolute atomic E-state index is 12.9. The van der Waals surface area contributed by atoms with Gasteiger partial charge in [-0.25, -0.2) is 4.39 Å². The molecule has 13 heavy (non-hydrogen) atoms. The molecule has 0 bridgehead atoms. The van der Waals surface area contributed by atoms with Crippen molar-refractivity contribution in [1.29, 1.82) is 0 Å². The molecule has 2 N–H and O–H groups in total. The van der Waals surface area contributed by atoms with E-state index in [9.17, 15) is 4.39 Å². The smallest absolute Gasteiger partial charge is 0.123 e. The lowest BCUT2D eigenvalue weighted by molar-refractivity contribution is 0.603. The van der Waals surface area contributed by atoms with Gasteiger partial charge in [0, 0.05) is 10.5 Å². The molecule has 1 rings (SSSR count). The first-order valence-corrected chi connectivity index (χ1v) is 5.15. The Morgan fingerprint density at radius 2 is 2.23 bits per heavy atom. The van der Waals surface area contributed by atoms with Crippen LogP contribution in [0.15, 0.2) is 22.7 Å². The monoisotopic (exact) mass is 245 g/mol. The molecule has 3 heteroatoms. The highest BCUT2D eigenvalue weighted by Gasteiger charge is 2.09. The largest absolute Gasteiger partial charge is 0.324 e. The molecular formula is C10H13BrFN. The lowest BCUT2D eigenvalue weighted by Gasteiger charge is -2.12. The van der Waals surface area contributed by atoms with Crippen molar-refractivity contribution in [3.8, 4) is 0 Å². The summed E-state index contributed by atoms with van der Waals surface area (Å²) in [4.78, 5) is 0. The van der Waals surface area contributed by atoms with Gasteiger partial charge >= 0.3 is 0 Å². The van der Waals surface area contributed by atoms with Crippen molar-refractivity contribution in [2.75, 3.05) is 0 Å². The lowest BCUT2D eigenvalue weighted by Crippen LogP contribution is -2.10. The number of halogens is 2. The predicted molar refractivity (Wildman–Crippen MR) is 55.9 cm³/mol. The Bertz CT molecular complexity index is 288. The van der Waals surface area contributed by atoms with E-state index < -0.39 is 0 Å². The van der Waals surface area contributed by atoms with Crippen molar-refractivity contribution in [3.63, 3.8) is 0 Å². The average Bonchev–Trinajstić information content (AvgIpc) is 2.09. The van der Waals surface area contributed by atoms with Crippen LogP contribution in [-0.2, 0) is 0 Å². The van der Waals surface area contributed by atoms with Crippen LogP contribution in [0.3, 0.4) is 0 Å². The van der Waals surface area contributed by atoms with Crippen molar-refractivity contribution in [1.82, 2.24) is 0 Å². The molecule has 0 aliphatic rings. The highest BCUT2D eigenvalue weighted by atomic mass is 79.9. The molecule has 0 aromatic heterocycles. The highest BCUT2D eigenvalue weighted by molar-refractivity contribution is 9.10. The Balaban J connectivity index is 2.91. The third-order valence-electron chi connectivity index (χ3n) is 1.96. The van der Waals surface area contributed by atoms with Crippen LogP contribution in [0, 0.1) is 5.82 Å². The van der Waals surface area contributed by atoms with E-state index in [1.165, 1.54) is 12.1 Å². The molecule has 0 fully saturated rings. The Kier molecular flexibility index (Phi) is 3.88. The molecule has 1 atom stereocenters. The van der Waals surface area contributed by atoms with E-state index in [0.717, 1.165) is 22.9 Å². The minimum atomic E-state index is -0.232. The maximum Gasteiger partial charge on any atom is 0.123 e. The van der Waals surface area contributed by atoms with Gasteiger partial charge in [-0.05, 0) is 30.2 Å². The summed E-state index contributed by atoms with van der Waals surface area (Å²) in [6, 6.07) is 4.53. The first kappa shape index (κ1) is 10.7. The summed E-state index contributed by atoms with van der Waals surface area (Å²) in [5.41, 5.74) is 6.73. The Labute approximate surface area is 86.3 Å². The first-order chi connectivity index (χ1) is 6.15. The van der Waals surface area contributed by atoms with Gasteiger partial charge in [0.15, 0.2) is 0 Å². The van der Waals surface area contributed by atoms with E-state index >= 15 is 0 Å². The van der Waals surface area contributed by atoms with Gasteiger partial charge in [0.05, 0.1) is 0 Å². The standard InChI is InChI=1S/C10H13BrFN/c1-2-3-10(13)8-6-7(12)4-5-9(8)11/h4-6,10H,2-3,13H2,1H3/t10-/m0/s1. The Hall–Kier alpha value is -0.410. The minimum absolute atomic E-state index is 0.0740. The molecule has 72 valence electrons. The van der Waals surface area contributed by atoms with Crippen LogP contribution in [-0.4, -0.2) is 0 Å². The minimum Gasteiger partial charge on any atom is -0.324 e. The Morgan fingerprint density at radius 1 is 1.54 bits per heavy atom. The van der Waals surface area contributed by atoms with Gasteiger partial charge in [0.2, 0.25) is 0 Å². The molecule has 0 radical (unpaired) electrons. The fourth-order valence-electron chi connectivity index (χ4n) is 1.27. The van der Waals surface area contributed by atoms with E-state index in [1.807, 2.05) is 0 Å². The zero-order valence-corrected chi connectivity index (χ0v) is 9.14. The van der Waals surface area contributed by atoms with Gasteiger partial charge in [0.1, 0.15) is 5.82 Å². The van der Waals surface area contributed by atoms with E-state index in [2.05, 4.69) is 22.9 Å². The summed E-state index contributed by atoms with van der Waals surface area (Å²) in [5.74, 6) is -0.232. The third-order valence-corrected chi connectivity index (χ3v) is 2.68. The van der Waals surface area contributed by atoms with Crippen LogP contribution in [0.5, 0.6) is 0 Å². The molecule has 0 unspecified atom stereocenters. The molecule has 0 aliphatic heterocycles. The molecular weight excluding hydrogens is 233 g/mol. The van der Waals surface area contributed by atoms with Crippen LogP contribution in [0.1, 0.15) is 31.4 Å². The van der Waals surface area contributed by atoms with Gasteiger partial charge < -0.3 is 5.73 Å². The number of benzene rings is 1. The molecule has 0 aliphatic carbocycles. The van der Waals surface area contributed by atoms with Crippen molar-refractivity contribution >= 4 is 15.9 Å². The van der Waals surface area contributed by atoms with Crippen LogP contribution in [0.25, 0.3) is 0 Å². The number of nitrogens with two attached hydrogens (primary N) is 1. The van der Waals surface area contributed by atoms with Crippen molar-refractivity contribution in [2.24, 2.45) is 5.73 Å². The zero-order valence-electron chi connectivity index (χ0n) is 7.56. The SMILES string of the molecule is CCC[C@H](N)c1cc(F)ccc1Br. The second-order valence-corrected chi connectivity index (χ2v) is 3.92. The van der Waals surface area contributed by atoms with Crippen LogP contribution >= 0.6 is 15.9 Å². The summed E-state index contributed by atoms with van der Waals surface area (Å²) in [6.07, 6.45) is 1.88. The molecule has 1 aromatic rings. The quantitative estimate of drug-likeness (QED) is 0.869. The second kappa shape index (κ2) is 4.72. The second-order valence-electron chi connectivity index (χ2n) is 3.06. The molecule has 1 nitrogen and oxygen atoms in total. The van der Waals surface area contributed by atoms with Crippen LogP contribution in [0.4, 0.5) is 4.39 Å². The number of hydrogen-bond donors (Lipinski definition) is 1. The molecule has 0 saturated carbocycles. The van der Waals surface area contributed by atoms with E-state index in [4.69, 9.17) is 5.73 Å². The summed E-state index contributed by atoms with van der Waals surface area (Å²) < 4.78 is 13.8. The predicted octanol–water partition coefficient (Wildman–Crippen LogP) is 3.39. The summed E-state index contributed by atoms with van der Waals surface area (Å²) in [6.45, 7) is 2.06. The topological polar surface area (TPSA) is 26.0 Å². The molecule has 0 saturated heterocycles. The van der Waals surface area contributed by atoms with Crippen molar-refractivity contribution < 1.29 is 4.39 Å². The number of rotatable bonds is 3. The molecule has 0 spiro atoms. The normalized spacial score (nSPS) is 12.9. The summed E-state index contributed by atoms with van der Waals surface area (Å²) in [7, 11) is 0. The van der Waals surface area contributed by atoms with E-state index in [1.54, 1.807) is 6.07 Å². The Morgan fingerprint density at radius 3 is 2.85 bits per heavy atom. The van der Waals surface area contributed by atoms with Gasteiger partial charge in [0.25, 0.3) is 0 Å². The van der Waals surface area contributed by atoms with Gasteiger partial charge in [-0.1, -0.05) is 29.3 Å². The first-order valence-electron chi connectivity index (χ1n) is 4.35. The van der Waals surface area contributed by atoms with Gasteiger partial charge in [-0.2, -0.15) is 0 Å². The molecule has 0 amide bonds. The van der Waals surface area contributed by atoms with E-state index in [-0.39, 0.29) is 11.9 Å². The molecule has 1 aromatic carbocycles. The third kappa shape index (κ3) is 2.78. The van der Waals surface area contributed by atoms with Crippen LogP contribution < -0.4 is 5.73 Å². The summed E-state index contributed by atoms with van der Waals surface area (Å²) >= 11 is 3.35. The number of hydrogen-bond acceptors (Lipinski definition) is 1. The fraction of sp³-hybridized carbons (Fsp3) is 0.400. The van der Waals surface area contributed by atoms with E-state index in [0.29, 0.717) is 0 Å². The summed E-state index contributed by atoms with van der Waals surface area (Å²) in [5, 5.41) is 0. The molecule has 0 heterocycles. The average molecular weight is 246 g/mol. The highest BCUT2D eigenvalue weighted by Crippen LogP contribution is 2.25. The van der Waals surface area contributed by atoms with Crippen molar-refractivity contribution in [2.45, 2.75) is 25.8 Å². The van der Waals surface area contributed by atoms with Gasteiger partial charge in [-0.15, -0.1) is 0 Å². The van der Waals surface area contributed by atoms with Gasteiger partial charge in [-0.3, -0.25) is 0 Å². The fourth-order valence-corrected chi connectivity index (χ4v) is 1.81. The van der Waals surface area contributed by atoms with Crippen molar-refractivity contribution in [3.05, 3.63) is 34.1 Å². The maximum atomic E-state index is 12.9. The zero-order chi connectivity index (χ0) is 9.84. The lowest BCUT2D eigenvalue weighted by atomic mass is 10.0.